The average Bonchev–Trinajstić information content (AvgIpc) is 2.63. The number of primary amides is 1. The van der Waals surface area contributed by atoms with Crippen LogP contribution in [-0.2, 0) is 14.9 Å². The average molecular weight is 342 g/mol. The summed E-state index contributed by atoms with van der Waals surface area (Å²) in [6, 6.07) is 15.5. The largest absolute Gasteiger partial charge is 0.381 e. The highest BCUT2D eigenvalue weighted by Gasteiger charge is 2.35. The smallest absolute Gasteiger partial charge is 0.239 e. The van der Waals surface area contributed by atoms with Crippen molar-refractivity contribution in [2.45, 2.75) is 24.3 Å². The van der Waals surface area contributed by atoms with Crippen molar-refractivity contribution in [3.05, 3.63) is 71.5 Å². The van der Waals surface area contributed by atoms with E-state index in [0.29, 0.717) is 19.8 Å². The lowest BCUT2D eigenvalue weighted by Gasteiger charge is -2.39. The van der Waals surface area contributed by atoms with E-state index in [-0.39, 0.29) is 11.2 Å². The van der Waals surface area contributed by atoms with Crippen LogP contribution in [0.5, 0.6) is 0 Å². The number of benzene rings is 2. The van der Waals surface area contributed by atoms with E-state index in [2.05, 4.69) is 5.32 Å². The molecule has 3 rings (SSSR count). The zero-order chi connectivity index (χ0) is 17.7. The van der Waals surface area contributed by atoms with E-state index in [0.717, 1.165) is 24.0 Å². The highest BCUT2D eigenvalue weighted by atomic mass is 19.1. The van der Waals surface area contributed by atoms with Crippen molar-refractivity contribution in [3.63, 3.8) is 0 Å². The fourth-order valence-electron chi connectivity index (χ4n) is 3.47. The van der Waals surface area contributed by atoms with Crippen molar-refractivity contribution in [1.29, 1.82) is 0 Å². The van der Waals surface area contributed by atoms with Crippen LogP contribution in [0.2, 0.25) is 0 Å². The van der Waals surface area contributed by atoms with Crippen LogP contribution in [0.4, 0.5) is 4.39 Å². The van der Waals surface area contributed by atoms with Crippen LogP contribution in [0, 0.1) is 5.82 Å². The number of halogens is 1. The molecule has 0 aliphatic carbocycles. The Morgan fingerprint density at radius 3 is 2.52 bits per heavy atom. The molecule has 0 radical (unpaired) electrons. The van der Waals surface area contributed by atoms with Gasteiger partial charge in [0.15, 0.2) is 0 Å². The van der Waals surface area contributed by atoms with Gasteiger partial charge in [0.25, 0.3) is 0 Å². The molecule has 1 aliphatic rings. The Hall–Kier alpha value is -2.24. The van der Waals surface area contributed by atoms with Gasteiger partial charge in [-0.2, -0.15) is 0 Å². The summed E-state index contributed by atoms with van der Waals surface area (Å²) < 4.78 is 19.3. The maximum Gasteiger partial charge on any atom is 0.239 e. The second-order valence-electron chi connectivity index (χ2n) is 6.53. The number of carbonyl (C=O) groups is 1. The second kappa shape index (κ2) is 7.76. The Morgan fingerprint density at radius 2 is 1.88 bits per heavy atom. The summed E-state index contributed by atoms with van der Waals surface area (Å²) >= 11 is 0. The van der Waals surface area contributed by atoms with E-state index in [9.17, 15) is 9.18 Å². The number of carbonyl (C=O) groups excluding carboxylic acids is 1. The van der Waals surface area contributed by atoms with Crippen molar-refractivity contribution in [2.75, 3.05) is 19.8 Å². The second-order valence-corrected chi connectivity index (χ2v) is 6.53. The molecule has 1 atom stereocenters. The zero-order valence-corrected chi connectivity index (χ0v) is 14.1. The highest BCUT2D eigenvalue weighted by molar-refractivity contribution is 5.81. The quantitative estimate of drug-likeness (QED) is 0.848. The van der Waals surface area contributed by atoms with Crippen molar-refractivity contribution < 1.29 is 13.9 Å². The number of amides is 1. The maximum absolute atomic E-state index is 13.8. The third kappa shape index (κ3) is 4.06. The first-order valence-corrected chi connectivity index (χ1v) is 8.52. The summed E-state index contributed by atoms with van der Waals surface area (Å²) in [5, 5.41) is 3.31. The van der Waals surface area contributed by atoms with Crippen molar-refractivity contribution in [3.8, 4) is 0 Å². The van der Waals surface area contributed by atoms with Crippen LogP contribution < -0.4 is 11.1 Å². The molecule has 0 bridgehead atoms. The number of nitrogens with one attached hydrogen (secondary N) is 1. The van der Waals surface area contributed by atoms with Gasteiger partial charge in [0, 0.05) is 25.2 Å². The van der Waals surface area contributed by atoms with Gasteiger partial charge in [-0.1, -0.05) is 42.5 Å². The first kappa shape index (κ1) is 17.6. The first-order valence-electron chi connectivity index (χ1n) is 8.52. The first-order chi connectivity index (χ1) is 12.1. The minimum atomic E-state index is -0.575. The number of hydrogen-bond acceptors (Lipinski definition) is 3. The summed E-state index contributed by atoms with van der Waals surface area (Å²) in [6.07, 6.45) is 1.54. The van der Waals surface area contributed by atoms with Gasteiger partial charge in [0.1, 0.15) is 11.9 Å². The van der Waals surface area contributed by atoms with Crippen molar-refractivity contribution in [2.24, 2.45) is 5.73 Å². The molecule has 2 aromatic rings. The summed E-state index contributed by atoms with van der Waals surface area (Å²) in [4.78, 5) is 11.9. The van der Waals surface area contributed by atoms with Crippen LogP contribution in [0.15, 0.2) is 54.6 Å². The van der Waals surface area contributed by atoms with Crippen LogP contribution in [0.25, 0.3) is 0 Å². The number of hydrogen-bond donors (Lipinski definition) is 2. The molecule has 1 saturated heterocycles. The molecule has 1 heterocycles. The Balaban J connectivity index is 1.84. The zero-order valence-electron chi connectivity index (χ0n) is 14.1. The molecular formula is C20H23FN2O2. The Kier molecular flexibility index (Phi) is 5.46. The SMILES string of the molecule is NC(=O)C(NCC1(c2cccc(F)c2)CCOCC1)c1ccccc1. The molecule has 25 heavy (non-hydrogen) atoms. The number of nitrogens with two attached hydrogens (primary N) is 1. The molecule has 5 heteroatoms. The Labute approximate surface area is 147 Å². The van der Waals surface area contributed by atoms with Crippen LogP contribution in [-0.4, -0.2) is 25.7 Å². The Bertz CT molecular complexity index is 715. The van der Waals surface area contributed by atoms with E-state index in [1.807, 2.05) is 36.4 Å². The predicted molar refractivity (Wildman–Crippen MR) is 94.5 cm³/mol. The Morgan fingerprint density at radius 1 is 1.16 bits per heavy atom. The topological polar surface area (TPSA) is 64.4 Å². The highest BCUT2D eigenvalue weighted by Crippen LogP contribution is 2.35. The van der Waals surface area contributed by atoms with Gasteiger partial charge < -0.3 is 15.8 Å². The van der Waals surface area contributed by atoms with Crippen LogP contribution in [0.1, 0.15) is 30.0 Å². The molecule has 0 saturated carbocycles. The molecule has 0 aromatic heterocycles. The van der Waals surface area contributed by atoms with E-state index < -0.39 is 11.9 Å². The van der Waals surface area contributed by atoms with E-state index in [1.54, 1.807) is 12.1 Å². The molecule has 1 unspecified atom stereocenters. The minimum absolute atomic E-state index is 0.252. The van der Waals surface area contributed by atoms with Gasteiger partial charge in [0.05, 0.1) is 0 Å². The number of rotatable bonds is 6. The fraction of sp³-hybridized carbons (Fsp3) is 0.350. The summed E-state index contributed by atoms with van der Waals surface area (Å²) in [5.74, 6) is -0.675. The van der Waals surface area contributed by atoms with Gasteiger partial charge in [-0.25, -0.2) is 4.39 Å². The van der Waals surface area contributed by atoms with Gasteiger partial charge in [-0.15, -0.1) is 0 Å². The van der Waals surface area contributed by atoms with Crippen LogP contribution in [0.3, 0.4) is 0 Å². The molecule has 3 N–H and O–H groups in total. The molecule has 2 aromatic carbocycles. The van der Waals surface area contributed by atoms with Crippen molar-refractivity contribution >= 4 is 5.91 Å². The lowest BCUT2D eigenvalue weighted by molar-refractivity contribution is -0.120. The third-order valence-electron chi connectivity index (χ3n) is 4.95. The molecule has 4 nitrogen and oxygen atoms in total. The van der Waals surface area contributed by atoms with E-state index in [1.165, 1.54) is 6.07 Å². The van der Waals surface area contributed by atoms with Gasteiger partial charge >= 0.3 is 0 Å². The van der Waals surface area contributed by atoms with E-state index >= 15 is 0 Å². The molecule has 1 amide bonds. The summed E-state index contributed by atoms with van der Waals surface area (Å²) in [6.45, 7) is 1.76. The molecule has 0 spiro atoms. The van der Waals surface area contributed by atoms with Gasteiger partial charge in [-0.05, 0) is 36.1 Å². The molecule has 132 valence electrons. The van der Waals surface area contributed by atoms with E-state index in [4.69, 9.17) is 10.5 Å². The number of ether oxygens (including phenoxy) is 1. The minimum Gasteiger partial charge on any atom is -0.381 e. The van der Waals surface area contributed by atoms with Gasteiger partial charge in [-0.3, -0.25) is 4.79 Å². The third-order valence-corrected chi connectivity index (χ3v) is 4.95. The molecular weight excluding hydrogens is 319 g/mol. The summed E-state index contributed by atoms with van der Waals surface area (Å²) in [5.41, 5.74) is 7.09. The maximum atomic E-state index is 13.8. The van der Waals surface area contributed by atoms with Gasteiger partial charge in [0.2, 0.25) is 5.91 Å². The summed E-state index contributed by atoms with van der Waals surface area (Å²) in [7, 11) is 0. The van der Waals surface area contributed by atoms with Crippen LogP contribution >= 0.6 is 0 Å². The molecule has 1 fully saturated rings. The molecule has 1 aliphatic heterocycles. The van der Waals surface area contributed by atoms with Crippen molar-refractivity contribution in [1.82, 2.24) is 5.32 Å². The fourth-order valence-corrected chi connectivity index (χ4v) is 3.47. The normalized spacial score (nSPS) is 17.8. The lowest BCUT2D eigenvalue weighted by Crippen LogP contribution is -2.46. The predicted octanol–water partition coefficient (Wildman–Crippen LogP) is 2.69. The monoisotopic (exact) mass is 342 g/mol. The lowest BCUT2D eigenvalue weighted by atomic mass is 9.74. The standard InChI is InChI=1S/C20H23FN2O2/c21-17-8-4-7-16(13-17)20(9-11-25-12-10-20)14-23-18(19(22)24)15-5-2-1-3-6-15/h1-8,13,18,23H,9-12,14H2,(H2,22,24).